The van der Waals surface area contributed by atoms with Crippen LogP contribution in [-0.4, -0.2) is 21.4 Å². The Morgan fingerprint density at radius 3 is 2.72 bits per heavy atom. The number of aromatic nitrogens is 1. The Balaban J connectivity index is 2.14. The average Bonchev–Trinajstić information content (AvgIpc) is 2.78. The fraction of sp³-hybridized carbons (Fsp3) is 0. The van der Waals surface area contributed by atoms with E-state index in [0.717, 1.165) is 11.5 Å². The molecule has 18 heavy (non-hydrogen) atoms. The minimum Gasteiger partial charge on any atom is -0.476 e. The van der Waals surface area contributed by atoms with E-state index in [1.54, 1.807) is 18.2 Å². The normalized spacial score (nSPS) is 10.1. The number of esters is 1. The summed E-state index contributed by atoms with van der Waals surface area (Å²) < 4.78 is 8.64. The highest BCUT2D eigenvalue weighted by Crippen LogP contribution is 2.19. The molecule has 1 N–H and O–H groups in total. The molecule has 7 heteroatoms. The zero-order chi connectivity index (χ0) is 13.1. The van der Waals surface area contributed by atoms with Gasteiger partial charge in [0.2, 0.25) is 0 Å². The van der Waals surface area contributed by atoms with Crippen molar-refractivity contribution in [1.82, 2.24) is 4.37 Å². The minimum absolute atomic E-state index is 0.118. The van der Waals surface area contributed by atoms with Crippen molar-refractivity contribution in [2.75, 3.05) is 0 Å². The van der Waals surface area contributed by atoms with Crippen molar-refractivity contribution in [2.24, 2.45) is 0 Å². The van der Waals surface area contributed by atoms with E-state index in [9.17, 15) is 9.59 Å². The van der Waals surface area contributed by atoms with Crippen LogP contribution in [-0.2, 0) is 0 Å². The van der Waals surface area contributed by atoms with E-state index in [0.29, 0.717) is 5.02 Å². The van der Waals surface area contributed by atoms with E-state index in [1.165, 1.54) is 12.1 Å². The molecule has 92 valence electrons. The number of hydrogen-bond acceptors (Lipinski definition) is 5. The molecule has 0 fully saturated rings. The quantitative estimate of drug-likeness (QED) is 0.692. The summed E-state index contributed by atoms with van der Waals surface area (Å²) in [6, 6.07) is 7.51. The zero-order valence-corrected chi connectivity index (χ0v) is 10.4. The molecular formula is C11H6ClNO4S. The van der Waals surface area contributed by atoms with E-state index in [-0.39, 0.29) is 16.3 Å². The molecule has 0 amide bonds. The summed E-state index contributed by atoms with van der Waals surface area (Å²) >= 11 is 6.51. The van der Waals surface area contributed by atoms with Gasteiger partial charge in [-0.05, 0) is 35.8 Å². The highest BCUT2D eigenvalue weighted by molar-refractivity contribution is 7.08. The number of ether oxygens (including phenoxy) is 1. The summed E-state index contributed by atoms with van der Waals surface area (Å²) in [5, 5.41) is 9.12. The number of benzene rings is 1. The van der Waals surface area contributed by atoms with E-state index < -0.39 is 11.9 Å². The standard InChI is InChI=1S/C11H6ClNO4S/c12-6-2-1-3-7(4-6)17-11(16)9-5-8(10(14)15)13-18-9/h1-5H,(H,14,15). The topological polar surface area (TPSA) is 76.5 Å². The van der Waals surface area contributed by atoms with Crippen LogP contribution in [0.15, 0.2) is 30.3 Å². The molecule has 0 bridgehead atoms. The molecule has 0 unspecified atom stereocenters. The molecule has 2 rings (SSSR count). The Bertz CT molecular complexity index is 611. The van der Waals surface area contributed by atoms with Crippen LogP contribution in [0.1, 0.15) is 20.2 Å². The molecule has 0 radical (unpaired) electrons. The molecule has 2 aromatic rings. The molecule has 0 aliphatic rings. The van der Waals surface area contributed by atoms with Crippen LogP contribution in [0.3, 0.4) is 0 Å². The van der Waals surface area contributed by atoms with Gasteiger partial charge in [-0.15, -0.1) is 0 Å². The summed E-state index contributed by atoms with van der Waals surface area (Å²) in [4.78, 5) is 22.4. The average molecular weight is 284 g/mol. The third kappa shape index (κ3) is 2.85. The number of rotatable bonds is 3. The number of carbonyl (C=O) groups is 2. The fourth-order valence-corrected chi connectivity index (χ4v) is 1.95. The van der Waals surface area contributed by atoms with Crippen LogP contribution in [0.4, 0.5) is 0 Å². The van der Waals surface area contributed by atoms with Gasteiger partial charge in [0.1, 0.15) is 10.6 Å². The summed E-state index contributed by atoms with van der Waals surface area (Å²) in [7, 11) is 0. The Morgan fingerprint density at radius 1 is 1.33 bits per heavy atom. The molecule has 5 nitrogen and oxygen atoms in total. The van der Waals surface area contributed by atoms with Gasteiger partial charge in [0.15, 0.2) is 5.69 Å². The summed E-state index contributed by atoms with van der Waals surface area (Å²) in [6.45, 7) is 0. The predicted octanol–water partition coefficient (Wildman–Crippen LogP) is 2.71. The van der Waals surface area contributed by atoms with Crippen molar-refractivity contribution in [3.05, 3.63) is 45.9 Å². The molecule has 0 saturated heterocycles. The van der Waals surface area contributed by atoms with Gasteiger partial charge in [-0.1, -0.05) is 17.7 Å². The maximum absolute atomic E-state index is 11.7. The molecule has 0 spiro atoms. The van der Waals surface area contributed by atoms with Crippen molar-refractivity contribution >= 4 is 35.1 Å². The van der Waals surface area contributed by atoms with Crippen molar-refractivity contribution in [3.8, 4) is 5.75 Å². The van der Waals surface area contributed by atoms with Crippen LogP contribution < -0.4 is 4.74 Å². The molecule has 0 saturated carbocycles. The second-order valence-electron chi connectivity index (χ2n) is 3.23. The lowest BCUT2D eigenvalue weighted by atomic mass is 10.3. The Kier molecular flexibility index (Phi) is 3.59. The smallest absolute Gasteiger partial charge is 0.355 e. The number of carbonyl (C=O) groups excluding carboxylic acids is 1. The Labute approximate surface area is 111 Å². The van der Waals surface area contributed by atoms with Crippen LogP contribution in [0.25, 0.3) is 0 Å². The van der Waals surface area contributed by atoms with Gasteiger partial charge in [-0.25, -0.2) is 9.59 Å². The molecule has 1 heterocycles. The number of carboxylic acids is 1. The predicted molar refractivity (Wildman–Crippen MR) is 65.5 cm³/mol. The third-order valence-electron chi connectivity index (χ3n) is 1.94. The highest BCUT2D eigenvalue weighted by atomic mass is 35.5. The van der Waals surface area contributed by atoms with Gasteiger partial charge >= 0.3 is 11.9 Å². The van der Waals surface area contributed by atoms with E-state index in [2.05, 4.69) is 4.37 Å². The minimum atomic E-state index is -1.19. The fourth-order valence-electron chi connectivity index (χ4n) is 1.16. The maximum atomic E-state index is 11.7. The number of halogens is 1. The van der Waals surface area contributed by atoms with E-state index in [1.807, 2.05) is 0 Å². The highest BCUT2D eigenvalue weighted by Gasteiger charge is 2.16. The van der Waals surface area contributed by atoms with Crippen molar-refractivity contribution in [1.29, 1.82) is 0 Å². The van der Waals surface area contributed by atoms with Crippen LogP contribution in [0.2, 0.25) is 5.02 Å². The third-order valence-corrected chi connectivity index (χ3v) is 2.94. The first-order valence-electron chi connectivity index (χ1n) is 4.74. The lowest BCUT2D eigenvalue weighted by molar-refractivity contribution is 0.0691. The summed E-state index contributed by atoms with van der Waals surface area (Å²) in [6.07, 6.45) is 0. The molecule has 0 aliphatic carbocycles. The van der Waals surface area contributed by atoms with Crippen LogP contribution in [0.5, 0.6) is 5.75 Å². The second-order valence-corrected chi connectivity index (χ2v) is 4.47. The number of nitrogens with zero attached hydrogens (tertiary/aromatic N) is 1. The number of hydrogen-bond donors (Lipinski definition) is 1. The molecule has 1 aromatic carbocycles. The maximum Gasteiger partial charge on any atom is 0.355 e. The van der Waals surface area contributed by atoms with Gasteiger partial charge in [0.05, 0.1) is 0 Å². The monoisotopic (exact) mass is 283 g/mol. The molecule has 1 aromatic heterocycles. The largest absolute Gasteiger partial charge is 0.476 e. The zero-order valence-electron chi connectivity index (χ0n) is 8.79. The van der Waals surface area contributed by atoms with Crippen molar-refractivity contribution in [3.63, 3.8) is 0 Å². The lowest BCUT2D eigenvalue weighted by Gasteiger charge is -2.01. The van der Waals surface area contributed by atoms with Crippen molar-refractivity contribution in [2.45, 2.75) is 0 Å². The first-order valence-corrected chi connectivity index (χ1v) is 5.89. The van der Waals surface area contributed by atoms with Crippen LogP contribution >= 0.6 is 23.1 Å². The van der Waals surface area contributed by atoms with Gasteiger partial charge in [-0.3, -0.25) is 0 Å². The van der Waals surface area contributed by atoms with E-state index >= 15 is 0 Å². The van der Waals surface area contributed by atoms with Gasteiger partial charge in [0, 0.05) is 5.02 Å². The Hall–Kier alpha value is -1.92. The Morgan fingerprint density at radius 2 is 2.11 bits per heavy atom. The second kappa shape index (κ2) is 5.16. The van der Waals surface area contributed by atoms with Crippen molar-refractivity contribution < 1.29 is 19.4 Å². The lowest BCUT2D eigenvalue weighted by Crippen LogP contribution is -2.06. The summed E-state index contributed by atoms with van der Waals surface area (Å²) in [5.41, 5.74) is -0.182. The van der Waals surface area contributed by atoms with E-state index in [4.69, 9.17) is 21.4 Å². The summed E-state index contributed by atoms with van der Waals surface area (Å²) in [5.74, 6) is -1.56. The van der Waals surface area contributed by atoms with Gasteiger partial charge in [-0.2, -0.15) is 4.37 Å². The first kappa shape index (κ1) is 12.5. The molecule has 0 atom stereocenters. The molecule has 0 aliphatic heterocycles. The molecular weight excluding hydrogens is 278 g/mol. The van der Waals surface area contributed by atoms with Gasteiger partial charge in [0.25, 0.3) is 0 Å². The first-order chi connectivity index (χ1) is 8.56. The number of carboxylic acid groups (broad SMARTS) is 1. The SMILES string of the molecule is O=C(O)c1cc(C(=O)Oc2cccc(Cl)c2)sn1. The number of aromatic carboxylic acids is 1. The van der Waals surface area contributed by atoms with Gasteiger partial charge < -0.3 is 9.84 Å². The van der Waals surface area contributed by atoms with Crippen LogP contribution in [0, 0.1) is 0 Å².